The van der Waals surface area contributed by atoms with Crippen LogP contribution in [0.25, 0.3) is 0 Å². The van der Waals surface area contributed by atoms with Gasteiger partial charge < -0.3 is 14.8 Å². The molecule has 0 amide bonds. The van der Waals surface area contributed by atoms with Gasteiger partial charge in [-0.3, -0.25) is 4.90 Å². The lowest BCUT2D eigenvalue weighted by Crippen LogP contribution is -2.48. The van der Waals surface area contributed by atoms with Gasteiger partial charge in [0.15, 0.2) is 0 Å². The average molecular weight is 287 g/mol. The lowest BCUT2D eigenvalue weighted by molar-refractivity contribution is 0.197. The molecular formula is C14H23ClN2O2. The summed E-state index contributed by atoms with van der Waals surface area (Å²) in [7, 11) is 3.38. The molecule has 108 valence electrons. The molecule has 4 nitrogen and oxygen atoms in total. The number of ether oxygens (including phenoxy) is 2. The Balaban J connectivity index is 0.00000180. The van der Waals surface area contributed by atoms with Crippen LogP contribution in [-0.2, 0) is 6.54 Å². The summed E-state index contributed by atoms with van der Waals surface area (Å²) in [6.07, 6.45) is 0. The lowest BCUT2D eigenvalue weighted by atomic mass is 10.1. The Bertz CT molecular complexity index is 401. The predicted octanol–water partition coefficient (Wildman–Crippen LogP) is 1.92. The average Bonchev–Trinajstić information content (AvgIpc) is 2.39. The lowest BCUT2D eigenvalue weighted by Gasteiger charge is -2.32. The monoisotopic (exact) mass is 286 g/mol. The summed E-state index contributed by atoms with van der Waals surface area (Å²) in [5.41, 5.74) is 1.22. The first-order valence-corrected chi connectivity index (χ1v) is 6.39. The maximum absolute atomic E-state index is 5.43. The molecule has 0 spiro atoms. The number of hydrogen-bond acceptors (Lipinski definition) is 4. The molecule has 1 aromatic rings. The van der Waals surface area contributed by atoms with Crippen LogP contribution in [-0.4, -0.2) is 44.8 Å². The van der Waals surface area contributed by atoms with Crippen molar-refractivity contribution >= 4 is 12.4 Å². The maximum atomic E-state index is 5.43. The van der Waals surface area contributed by atoms with Crippen LogP contribution >= 0.6 is 12.4 Å². The minimum absolute atomic E-state index is 0. The summed E-state index contributed by atoms with van der Waals surface area (Å²) in [5.74, 6) is 1.74. The van der Waals surface area contributed by atoms with Crippen molar-refractivity contribution < 1.29 is 9.47 Å². The smallest absolute Gasteiger partial charge is 0.127 e. The minimum Gasteiger partial charge on any atom is -0.497 e. The van der Waals surface area contributed by atoms with Gasteiger partial charge in [-0.25, -0.2) is 0 Å². The normalized spacial score (nSPS) is 19.6. The van der Waals surface area contributed by atoms with Crippen LogP contribution in [0, 0.1) is 0 Å². The van der Waals surface area contributed by atoms with E-state index in [0.29, 0.717) is 6.04 Å². The fourth-order valence-electron chi connectivity index (χ4n) is 2.38. The summed E-state index contributed by atoms with van der Waals surface area (Å²) in [4.78, 5) is 2.45. The van der Waals surface area contributed by atoms with Crippen molar-refractivity contribution in [3.63, 3.8) is 0 Å². The molecule has 2 rings (SSSR count). The molecule has 0 saturated carbocycles. The third-order valence-corrected chi connectivity index (χ3v) is 3.34. The van der Waals surface area contributed by atoms with Gasteiger partial charge in [-0.05, 0) is 13.0 Å². The van der Waals surface area contributed by atoms with Gasteiger partial charge in [-0.15, -0.1) is 12.4 Å². The molecule has 0 bridgehead atoms. The fraction of sp³-hybridized carbons (Fsp3) is 0.571. The molecular weight excluding hydrogens is 264 g/mol. The second-order valence-corrected chi connectivity index (χ2v) is 4.77. The highest BCUT2D eigenvalue weighted by Crippen LogP contribution is 2.25. The number of nitrogens with zero attached hydrogens (tertiary/aromatic N) is 1. The van der Waals surface area contributed by atoms with Gasteiger partial charge in [-0.2, -0.15) is 0 Å². The third kappa shape index (κ3) is 4.27. The van der Waals surface area contributed by atoms with E-state index in [4.69, 9.17) is 9.47 Å². The number of rotatable bonds is 4. The van der Waals surface area contributed by atoms with E-state index in [-0.39, 0.29) is 12.4 Å². The van der Waals surface area contributed by atoms with Crippen molar-refractivity contribution in [2.24, 2.45) is 0 Å². The van der Waals surface area contributed by atoms with Crippen LogP contribution in [0.1, 0.15) is 12.5 Å². The van der Waals surface area contributed by atoms with Crippen LogP contribution in [0.5, 0.6) is 11.5 Å². The Morgan fingerprint density at radius 2 is 2.11 bits per heavy atom. The highest BCUT2D eigenvalue weighted by Gasteiger charge is 2.17. The van der Waals surface area contributed by atoms with Gasteiger partial charge in [0.05, 0.1) is 14.2 Å². The fourth-order valence-corrected chi connectivity index (χ4v) is 2.38. The third-order valence-electron chi connectivity index (χ3n) is 3.34. The quantitative estimate of drug-likeness (QED) is 0.917. The zero-order valence-electron chi connectivity index (χ0n) is 11.8. The van der Waals surface area contributed by atoms with Crippen molar-refractivity contribution in [2.75, 3.05) is 33.9 Å². The molecule has 1 aromatic carbocycles. The van der Waals surface area contributed by atoms with E-state index >= 15 is 0 Å². The van der Waals surface area contributed by atoms with Crippen molar-refractivity contribution in [1.29, 1.82) is 0 Å². The van der Waals surface area contributed by atoms with Gasteiger partial charge in [0.1, 0.15) is 11.5 Å². The van der Waals surface area contributed by atoms with Crippen molar-refractivity contribution in [3.05, 3.63) is 23.8 Å². The van der Waals surface area contributed by atoms with Crippen LogP contribution < -0.4 is 14.8 Å². The van der Waals surface area contributed by atoms with Crippen molar-refractivity contribution in [1.82, 2.24) is 10.2 Å². The highest BCUT2D eigenvalue weighted by molar-refractivity contribution is 5.85. The van der Waals surface area contributed by atoms with Gasteiger partial charge in [-0.1, -0.05) is 6.07 Å². The highest BCUT2D eigenvalue weighted by atomic mass is 35.5. The number of halogens is 1. The van der Waals surface area contributed by atoms with E-state index < -0.39 is 0 Å². The van der Waals surface area contributed by atoms with E-state index in [0.717, 1.165) is 37.7 Å². The second-order valence-electron chi connectivity index (χ2n) is 4.77. The standard InChI is InChI=1S/C14H22N2O2.ClH/c1-11-9-16(7-6-15-11)10-12-4-5-13(17-2)8-14(12)18-3;/h4-5,8,11,15H,6-7,9-10H2,1-3H3;1H. The van der Waals surface area contributed by atoms with Crippen LogP contribution in [0.15, 0.2) is 18.2 Å². The van der Waals surface area contributed by atoms with E-state index in [1.165, 1.54) is 5.56 Å². The van der Waals surface area contributed by atoms with E-state index in [1.54, 1.807) is 14.2 Å². The first-order valence-electron chi connectivity index (χ1n) is 6.39. The topological polar surface area (TPSA) is 33.7 Å². The number of benzene rings is 1. The van der Waals surface area contributed by atoms with Gasteiger partial charge in [0.2, 0.25) is 0 Å². The number of methoxy groups -OCH3 is 2. The van der Waals surface area contributed by atoms with Crippen LogP contribution in [0.4, 0.5) is 0 Å². The largest absolute Gasteiger partial charge is 0.497 e. The van der Waals surface area contributed by atoms with E-state index in [2.05, 4.69) is 23.2 Å². The first-order chi connectivity index (χ1) is 8.72. The maximum Gasteiger partial charge on any atom is 0.127 e. The van der Waals surface area contributed by atoms with Crippen LogP contribution in [0.3, 0.4) is 0 Å². The van der Waals surface area contributed by atoms with E-state index in [1.807, 2.05) is 12.1 Å². The molecule has 1 fully saturated rings. The van der Waals surface area contributed by atoms with Crippen molar-refractivity contribution in [2.45, 2.75) is 19.5 Å². The zero-order chi connectivity index (χ0) is 13.0. The molecule has 1 atom stereocenters. The molecule has 1 heterocycles. The molecule has 1 N–H and O–H groups in total. The van der Waals surface area contributed by atoms with Gasteiger partial charge in [0.25, 0.3) is 0 Å². The Hall–Kier alpha value is -0.970. The number of piperazine rings is 1. The Morgan fingerprint density at radius 1 is 1.32 bits per heavy atom. The minimum atomic E-state index is 0. The Labute approximate surface area is 121 Å². The molecule has 1 aliphatic heterocycles. The number of nitrogens with one attached hydrogen (secondary N) is 1. The zero-order valence-corrected chi connectivity index (χ0v) is 12.6. The summed E-state index contributed by atoms with van der Waals surface area (Å²) in [6, 6.07) is 6.58. The second kappa shape index (κ2) is 7.58. The van der Waals surface area contributed by atoms with Crippen molar-refractivity contribution in [3.8, 4) is 11.5 Å². The molecule has 0 radical (unpaired) electrons. The molecule has 0 aromatic heterocycles. The summed E-state index contributed by atoms with van der Waals surface area (Å²) in [6.45, 7) is 6.37. The number of hydrogen-bond donors (Lipinski definition) is 1. The summed E-state index contributed by atoms with van der Waals surface area (Å²) < 4.78 is 10.6. The first kappa shape index (κ1) is 16.1. The summed E-state index contributed by atoms with van der Waals surface area (Å²) in [5, 5.41) is 3.45. The van der Waals surface area contributed by atoms with Gasteiger partial charge >= 0.3 is 0 Å². The molecule has 1 saturated heterocycles. The molecule has 5 heteroatoms. The molecule has 1 aliphatic rings. The molecule has 1 unspecified atom stereocenters. The molecule has 19 heavy (non-hydrogen) atoms. The summed E-state index contributed by atoms with van der Waals surface area (Å²) >= 11 is 0. The van der Waals surface area contributed by atoms with E-state index in [9.17, 15) is 0 Å². The molecule has 0 aliphatic carbocycles. The van der Waals surface area contributed by atoms with Crippen LogP contribution in [0.2, 0.25) is 0 Å². The SMILES string of the molecule is COc1ccc(CN2CCNC(C)C2)c(OC)c1.Cl. The van der Waals surface area contributed by atoms with Gasteiger partial charge in [0, 0.05) is 43.9 Å². The Morgan fingerprint density at radius 3 is 2.74 bits per heavy atom. The Kier molecular flexibility index (Phi) is 6.42. The predicted molar refractivity (Wildman–Crippen MR) is 79.5 cm³/mol.